The third kappa shape index (κ3) is 2.76. The van der Waals surface area contributed by atoms with Crippen LogP contribution in [0.4, 0.5) is 0 Å². The van der Waals surface area contributed by atoms with E-state index in [1.807, 2.05) is 0 Å². The van der Waals surface area contributed by atoms with Gasteiger partial charge in [0, 0.05) is 6.07 Å². The number of ether oxygens (including phenoxy) is 2. The molecule has 0 aliphatic heterocycles. The molecule has 0 spiro atoms. The van der Waals surface area contributed by atoms with Gasteiger partial charge in [-0.15, -0.1) is 0 Å². The van der Waals surface area contributed by atoms with Gasteiger partial charge >= 0.3 is 0 Å². The highest BCUT2D eigenvalue weighted by Crippen LogP contribution is 2.33. The average Bonchev–Trinajstić information content (AvgIpc) is 2.36. The maximum atomic E-state index is 11.9. The molecule has 0 amide bonds. The van der Waals surface area contributed by atoms with Crippen LogP contribution in [0, 0.1) is 0 Å². The molecule has 0 atom stereocenters. The van der Waals surface area contributed by atoms with E-state index in [-0.39, 0.29) is 27.7 Å². The van der Waals surface area contributed by atoms with Crippen LogP contribution in [0.15, 0.2) is 17.0 Å². The summed E-state index contributed by atoms with van der Waals surface area (Å²) in [5, 5.41) is -0.790. The zero-order valence-corrected chi connectivity index (χ0v) is 11.8. The Bertz CT molecular complexity index is 565. The van der Waals surface area contributed by atoms with Gasteiger partial charge in [0.15, 0.2) is 9.84 Å². The van der Waals surface area contributed by atoms with E-state index in [0.29, 0.717) is 0 Å². The van der Waals surface area contributed by atoms with Crippen LogP contribution >= 0.6 is 11.6 Å². The van der Waals surface area contributed by atoms with Gasteiger partial charge in [0.1, 0.15) is 16.4 Å². The highest BCUT2D eigenvalue weighted by atomic mass is 35.5. The van der Waals surface area contributed by atoms with E-state index in [9.17, 15) is 13.2 Å². The third-order valence-corrected chi connectivity index (χ3v) is 4.37. The molecule has 1 aromatic carbocycles. The molecule has 0 radical (unpaired) electrons. The molecule has 5 nitrogen and oxygen atoms in total. The van der Waals surface area contributed by atoms with Crippen LogP contribution in [0.25, 0.3) is 0 Å². The number of rotatable bonds is 5. The molecule has 0 heterocycles. The number of halogens is 1. The second kappa shape index (κ2) is 5.58. The Labute approximate surface area is 111 Å². The molecule has 100 valence electrons. The summed E-state index contributed by atoms with van der Waals surface area (Å²) < 4.78 is 33.7. The van der Waals surface area contributed by atoms with Crippen LogP contribution < -0.4 is 9.47 Å². The van der Waals surface area contributed by atoms with E-state index in [1.165, 1.54) is 33.3 Å². The lowest BCUT2D eigenvalue weighted by atomic mass is 10.2. The number of hydrogen-bond donors (Lipinski definition) is 0. The number of methoxy groups -OCH3 is 2. The highest BCUT2D eigenvalue weighted by molar-refractivity contribution is 7.91. The molecule has 0 N–H and O–H groups in total. The summed E-state index contributed by atoms with van der Waals surface area (Å²) in [6, 6.07) is 2.50. The second-order valence-corrected chi connectivity index (χ2v) is 5.97. The topological polar surface area (TPSA) is 69.7 Å². The molecule has 0 aliphatic rings. The minimum atomic E-state index is -3.51. The van der Waals surface area contributed by atoms with E-state index in [2.05, 4.69) is 0 Å². The molecule has 0 unspecified atom stereocenters. The van der Waals surface area contributed by atoms with Crippen molar-refractivity contribution in [2.45, 2.75) is 11.8 Å². The molecule has 18 heavy (non-hydrogen) atoms. The largest absolute Gasteiger partial charge is 0.496 e. The van der Waals surface area contributed by atoms with E-state index in [0.717, 1.165) is 0 Å². The minimum absolute atomic E-state index is 0.00742. The molecule has 7 heteroatoms. The Hall–Kier alpha value is -1.27. The van der Waals surface area contributed by atoms with Gasteiger partial charge < -0.3 is 9.47 Å². The van der Waals surface area contributed by atoms with Gasteiger partial charge in [-0.05, 0) is 17.7 Å². The summed E-state index contributed by atoms with van der Waals surface area (Å²) in [5.41, 5.74) is -0.00742. The van der Waals surface area contributed by atoms with Crippen molar-refractivity contribution in [3.8, 4) is 11.5 Å². The number of carbonyl (C=O) groups excluding carboxylic acids is 1. The van der Waals surface area contributed by atoms with Crippen molar-refractivity contribution in [1.29, 1.82) is 0 Å². The standard InChI is InChI=1S/C11H13ClO5S/c1-4-18(14,15)10-5-7(11(12)13)8(16-2)6-9(10)17-3/h5-6H,4H2,1-3H3. The number of sulfone groups is 1. The molecular formula is C11H13ClO5S. The van der Waals surface area contributed by atoms with Crippen molar-refractivity contribution in [1.82, 2.24) is 0 Å². The molecule has 0 bridgehead atoms. The van der Waals surface area contributed by atoms with Gasteiger partial charge in [-0.25, -0.2) is 8.42 Å². The van der Waals surface area contributed by atoms with E-state index in [1.54, 1.807) is 0 Å². The van der Waals surface area contributed by atoms with Crippen molar-refractivity contribution < 1.29 is 22.7 Å². The summed E-state index contributed by atoms with van der Waals surface area (Å²) in [4.78, 5) is 11.2. The average molecular weight is 293 g/mol. The van der Waals surface area contributed by atoms with E-state index in [4.69, 9.17) is 21.1 Å². The molecule has 0 fully saturated rings. The molecular weight excluding hydrogens is 280 g/mol. The lowest BCUT2D eigenvalue weighted by molar-refractivity contribution is 0.107. The van der Waals surface area contributed by atoms with Gasteiger partial charge in [-0.1, -0.05) is 6.92 Å². The Morgan fingerprint density at radius 3 is 2.17 bits per heavy atom. The van der Waals surface area contributed by atoms with Crippen LogP contribution in [0.2, 0.25) is 0 Å². The number of benzene rings is 1. The van der Waals surface area contributed by atoms with Crippen molar-refractivity contribution in [2.24, 2.45) is 0 Å². The number of carbonyl (C=O) groups is 1. The van der Waals surface area contributed by atoms with Crippen molar-refractivity contribution in [3.05, 3.63) is 17.7 Å². The first kappa shape index (κ1) is 14.8. The maximum Gasteiger partial charge on any atom is 0.256 e. The van der Waals surface area contributed by atoms with Crippen molar-refractivity contribution in [2.75, 3.05) is 20.0 Å². The fourth-order valence-electron chi connectivity index (χ4n) is 1.42. The Kier molecular flexibility index (Phi) is 4.59. The molecule has 0 saturated heterocycles. The first-order valence-electron chi connectivity index (χ1n) is 5.06. The van der Waals surface area contributed by atoms with Gasteiger partial charge in [0.2, 0.25) is 0 Å². The normalized spacial score (nSPS) is 11.1. The quantitative estimate of drug-likeness (QED) is 0.775. The monoisotopic (exact) mass is 292 g/mol. The second-order valence-electron chi connectivity index (χ2n) is 3.38. The first-order valence-corrected chi connectivity index (χ1v) is 7.09. The smallest absolute Gasteiger partial charge is 0.256 e. The predicted molar refractivity (Wildman–Crippen MR) is 67.5 cm³/mol. The van der Waals surface area contributed by atoms with E-state index >= 15 is 0 Å². The van der Waals surface area contributed by atoms with Crippen LogP contribution in [0.1, 0.15) is 17.3 Å². The Morgan fingerprint density at radius 2 is 1.78 bits per heavy atom. The summed E-state index contributed by atoms with van der Waals surface area (Å²) in [6.45, 7) is 1.50. The third-order valence-electron chi connectivity index (χ3n) is 2.41. The molecule has 1 rings (SSSR count). The summed E-state index contributed by atoms with van der Waals surface area (Å²) >= 11 is 5.39. The minimum Gasteiger partial charge on any atom is -0.496 e. The van der Waals surface area contributed by atoms with Gasteiger partial charge in [-0.2, -0.15) is 0 Å². The molecule has 1 aromatic rings. The zero-order chi connectivity index (χ0) is 13.9. The molecule has 0 aromatic heterocycles. The summed E-state index contributed by atoms with van der Waals surface area (Å²) in [5.74, 6) is 0.184. The van der Waals surface area contributed by atoms with Gasteiger partial charge in [0.25, 0.3) is 5.24 Å². The highest BCUT2D eigenvalue weighted by Gasteiger charge is 2.23. The van der Waals surface area contributed by atoms with Crippen LogP contribution in [-0.2, 0) is 9.84 Å². The first-order chi connectivity index (χ1) is 8.37. The predicted octanol–water partition coefficient (Wildman–Crippen LogP) is 1.88. The van der Waals surface area contributed by atoms with Gasteiger partial charge in [-0.3, -0.25) is 4.79 Å². The van der Waals surface area contributed by atoms with E-state index < -0.39 is 15.1 Å². The SMILES string of the molecule is CCS(=O)(=O)c1cc(C(=O)Cl)c(OC)cc1OC. The Balaban J connectivity index is 3.62. The van der Waals surface area contributed by atoms with Crippen LogP contribution in [0.3, 0.4) is 0 Å². The fourth-order valence-corrected chi connectivity index (χ4v) is 2.63. The van der Waals surface area contributed by atoms with Crippen LogP contribution in [-0.4, -0.2) is 33.6 Å². The molecule has 0 saturated carbocycles. The molecule has 0 aliphatic carbocycles. The zero-order valence-electron chi connectivity index (χ0n) is 10.2. The van der Waals surface area contributed by atoms with Crippen molar-refractivity contribution in [3.63, 3.8) is 0 Å². The fraction of sp³-hybridized carbons (Fsp3) is 0.364. The lowest BCUT2D eigenvalue weighted by Crippen LogP contribution is -2.08. The van der Waals surface area contributed by atoms with Gasteiger partial charge in [0.05, 0.1) is 25.5 Å². The number of hydrogen-bond acceptors (Lipinski definition) is 5. The summed E-state index contributed by atoms with van der Waals surface area (Å²) in [6.07, 6.45) is 0. The lowest BCUT2D eigenvalue weighted by Gasteiger charge is -2.12. The summed E-state index contributed by atoms with van der Waals surface area (Å²) in [7, 11) is -0.821. The van der Waals surface area contributed by atoms with Crippen molar-refractivity contribution >= 4 is 26.7 Å². The Morgan fingerprint density at radius 1 is 1.22 bits per heavy atom. The maximum absolute atomic E-state index is 11.9. The van der Waals surface area contributed by atoms with Crippen LogP contribution in [0.5, 0.6) is 11.5 Å².